The van der Waals surface area contributed by atoms with E-state index in [-0.39, 0.29) is 6.54 Å². The van der Waals surface area contributed by atoms with Crippen LogP contribution in [-0.4, -0.2) is 30.2 Å². The molecule has 26 heavy (non-hydrogen) atoms. The molecule has 1 heterocycles. The topological polar surface area (TPSA) is 99.8 Å². The predicted molar refractivity (Wildman–Crippen MR) is 93.1 cm³/mol. The molecule has 2 aromatic carbocycles. The number of para-hydroxylation sites is 4. The average Bonchev–Trinajstić information content (AvgIpc) is 2.96. The van der Waals surface area contributed by atoms with Crippen LogP contribution in [0.5, 0.6) is 5.75 Å². The Hall–Kier alpha value is -3.55. The Morgan fingerprint density at radius 1 is 1.12 bits per heavy atom. The molecule has 1 amide bonds. The Balaban J connectivity index is 1.59. The summed E-state index contributed by atoms with van der Waals surface area (Å²) in [5.74, 6) is -1.42. The van der Waals surface area contributed by atoms with Crippen LogP contribution in [0.1, 0.15) is 0 Å². The van der Waals surface area contributed by atoms with Crippen LogP contribution in [0.2, 0.25) is 0 Å². The number of rotatable bonds is 6. The van der Waals surface area contributed by atoms with Gasteiger partial charge in [-0.15, -0.1) is 0 Å². The number of carbonyl (C=O) groups is 2. The molecule has 3 aromatic rings. The molecule has 0 unspecified atom stereocenters. The van der Waals surface area contributed by atoms with E-state index >= 15 is 0 Å². The van der Waals surface area contributed by atoms with Gasteiger partial charge in [-0.2, -0.15) is 0 Å². The van der Waals surface area contributed by atoms with Gasteiger partial charge in [0.2, 0.25) is 0 Å². The lowest BCUT2D eigenvalue weighted by molar-refractivity contribution is -0.147. The van der Waals surface area contributed by atoms with Crippen LogP contribution < -0.4 is 15.8 Å². The third kappa shape index (κ3) is 3.75. The molecule has 0 atom stereocenters. The second-order valence-electron chi connectivity index (χ2n) is 5.33. The highest BCUT2D eigenvalue weighted by Gasteiger charge is 2.15. The Morgan fingerprint density at radius 2 is 1.85 bits per heavy atom. The number of aromatic nitrogens is 1. The molecule has 134 valence electrons. The minimum Gasteiger partial charge on any atom is -0.495 e. The molecule has 3 rings (SSSR count). The van der Waals surface area contributed by atoms with E-state index in [0.717, 1.165) is 4.57 Å². The third-order valence-electron chi connectivity index (χ3n) is 3.61. The van der Waals surface area contributed by atoms with Gasteiger partial charge in [0.1, 0.15) is 12.3 Å². The van der Waals surface area contributed by atoms with Gasteiger partial charge in [-0.1, -0.05) is 24.3 Å². The first kappa shape index (κ1) is 17.3. The quantitative estimate of drug-likeness (QED) is 0.676. The first-order chi connectivity index (χ1) is 12.6. The van der Waals surface area contributed by atoms with E-state index in [1.165, 1.54) is 7.11 Å². The summed E-state index contributed by atoms with van der Waals surface area (Å²) in [6, 6.07) is 13.6. The summed E-state index contributed by atoms with van der Waals surface area (Å²) in [6.45, 7) is -0.834. The van der Waals surface area contributed by atoms with Gasteiger partial charge in [0.05, 0.1) is 18.3 Å². The van der Waals surface area contributed by atoms with E-state index in [1.54, 1.807) is 48.5 Å². The van der Waals surface area contributed by atoms with Crippen molar-refractivity contribution in [3.05, 3.63) is 59.1 Å². The van der Waals surface area contributed by atoms with Crippen molar-refractivity contribution in [2.24, 2.45) is 0 Å². The Bertz CT molecular complexity index is 1000. The highest BCUT2D eigenvalue weighted by molar-refractivity contribution is 5.94. The molecular formula is C18H16N2O6. The van der Waals surface area contributed by atoms with Gasteiger partial charge < -0.3 is 19.2 Å². The number of carbonyl (C=O) groups excluding carboxylic acids is 2. The summed E-state index contributed by atoms with van der Waals surface area (Å²) in [7, 11) is 1.48. The summed E-state index contributed by atoms with van der Waals surface area (Å²) in [4.78, 5) is 35.7. The van der Waals surface area contributed by atoms with Gasteiger partial charge in [0.15, 0.2) is 12.2 Å². The molecule has 8 nitrogen and oxygen atoms in total. The smallest absolute Gasteiger partial charge is 0.420 e. The standard InChI is InChI=1S/C18H16N2O6/c1-24-14-8-4-2-6-12(14)19-16(21)11-25-17(22)10-20-13-7-3-5-9-15(13)26-18(20)23/h2-9H,10-11H2,1H3,(H,19,21). The van der Waals surface area contributed by atoms with E-state index in [2.05, 4.69) is 5.32 Å². The maximum atomic E-state index is 12.0. The molecule has 0 saturated heterocycles. The molecular weight excluding hydrogens is 340 g/mol. The zero-order chi connectivity index (χ0) is 18.5. The van der Waals surface area contributed by atoms with Crippen molar-refractivity contribution in [3.8, 4) is 5.75 Å². The summed E-state index contributed by atoms with van der Waals surface area (Å²) in [5, 5.41) is 2.59. The molecule has 8 heteroatoms. The van der Waals surface area contributed by atoms with E-state index in [4.69, 9.17) is 13.9 Å². The number of hydrogen-bond donors (Lipinski definition) is 1. The monoisotopic (exact) mass is 356 g/mol. The van der Waals surface area contributed by atoms with Crippen LogP contribution >= 0.6 is 0 Å². The van der Waals surface area contributed by atoms with Crippen LogP contribution in [-0.2, 0) is 20.9 Å². The van der Waals surface area contributed by atoms with Gasteiger partial charge in [0, 0.05) is 0 Å². The number of hydrogen-bond acceptors (Lipinski definition) is 6. The number of nitrogens with zero attached hydrogens (tertiary/aromatic N) is 1. The minimum atomic E-state index is -0.728. The van der Waals surface area contributed by atoms with E-state index < -0.39 is 24.2 Å². The van der Waals surface area contributed by atoms with Crippen molar-refractivity contribution in [2.45, 2.75) is 6.54 Å². The highest BCUT2D eigenvalue weighted by atomic mass is 16.5. The van der Waals surface area contributed by atoms with Crippen LogP contribution in [0.25, 0.3) is 11.1 Å². The first-order valence-corrected chi connectivity index (χ1v) is 7.75. The molecule has 0 bridgehead atoms. The number of fused-ring (bicyclic) bond motifs is 1. The van der Waals surface area contributed by atoms with Crippen molar-refractivity contribution < 1.29 is 23.5 Å². The molecule has 1 aromatic heterocycles. The number of esters is 1. The fourth-order valence-corrected chi connectivity index (χ4v) is 2.42. The molecule has 1 N–H and O–H groups in total. The molecule has 0 aliphatic heterocycles. The van der Waals surface area contributed by atoms with Gasteiger partial charge in [-0.25, -0.2) is 4.79 Å². The maximum absolute atomic E-state index is 12.0. The number of benzene rings is 2. The fourth-order valence-electron chi connectivity index (χ4n) is 2.42. The molecule has 0 aliphatic rings. The zero-order valence-corrected chi connectivity index (χ0v) is 13.9. The van der Waals surface area contributed by atoms with Crippen molar-refractivity contribution in [1.29, 1.82) is 0 Å². The molecule has 0 radical (unpaired) electrons. The molecule has 0 spiro atoms. The second-order valence-corrected chi connectivity index (χ2v) is 5.33. The minimum absolute atomic E-state index is 0.349. The van der Waals surface area contributed by atoms with Crippen molar-refractivity contribution >= 4 is 28.7 Å². The lowest BCUT2D eigenvalue weighted by atomic mass is 10.3. The summed E-state index contributed by atoms with van der Waals surface area (Å²) >= 11 is 0. The molecule has 0 saturated carbocycles. The Morgan fingerprint density at radius 3 is 2.65 bits per heavy atom. The largest absolute Gasteiger partial charge is 0.495 e. The number of anilines is 1. The highest BCUT2D eigenvalue weighted by Crippen LogP contribution is 2.22. The first-order valence-electron chi connectivity index (χ1n) is 7.75. The van der Waals surface area contributed by atoms with Gasteiger partial charge >= 0.3 is 11.7 Å². The van der Waals surface area contributed by atoms with Crippen LogP contribution in [0.15, 0.2) is 57.7 Å². The SMILES string of the molecule is COc1ccccc1NC(=O)COC(=O)Cn1c(=O)oc2ccccc21. The summed E-state index contributed by atoms with van der Waals surface area (Å²) < 4.78 is 16.2. The predicted octanol–water partition coefficient (Wildman–Crippen LogP) is 1.78. The summed E-state index contributed by atoms with van der Waals surface area (Å²) in [6.07, 6.45) is 0. The lowest BCUT2D eigenvalue weighted by Gasteiger charge is -2.10. The fraction of sp³-hybridized carbons (Fsp3) is 0.167. The Labute approximate surface area is 147 Å². The summed E-state index contributed by atoms with van der Waals surface area (Å²) in [5.41, 5.74) is 1.32. The van der Waals surface area contributed by atoms with Gasteiger partial charge in [0.25, 0.3) is 5.91 Å². The average molecular weight is 356 g/mol. The van der Waals surface area contributed by atoms with Crippen molar-refractivity contribution in [2.75, 3.05) is 19.0 Å². The van der Waals surface area contributed by atoms with Crippen molar-refractivity contribution in [3.63, 3.8) is 0 Å². The number of nitrogens with one attached hydrogen (secondary N) is 1. The normalized spacial score (nSPS) is 10.5. The molecule has 0 fully saturated rings. The maximum Gasteiger partial charge on any atom is 0.420 e. The van der Waals surface area contributed by atoms with Crippen molar-refractivity contribution in [1.82, 2.24) is 4.57 Å². The van der Waals surface area contributed by atoms with Crippen LogP contribution in [0.3, 0.4) is 0 Å². The van der Waals surface area contributed by atoms with E-state index in [0.29, 0.717) is 22.5 Å². The van der Waals surface area contributed by atoms with E-state index in [1.807, 2.05) is 0 Å². The van der Waals surface area contributed by atoms with Gasteiger partial charge in [-0.3, -0.25) is 14.2 Å². The van der Waals surface area contributed by atoms with Crippen LogP contribution in [0.4, 0.5) is 5.69 Å². The number of amides is 1. The number of ether oxygens (including phenoxy) is 2. The van der Waals surface area contributed by atoms with E-state index in [9.17, 15) is 14.4 Å². The Kier molecular flexibility index (Phi) is 5.02. The zero-order valence-electron chi connectivity index (χ0n) is 13.9. The second kappa shape index (κ2) is 7.56. The number of methoxy groups -OCH3 is 1. The number of oxazole rings is 1. The third-order valence-corrected chi connectivity index (χ3v) is 3.61. The van der Waals surface area contributed by atoms with Crippen LogP contribution in [0, 0.1) is 0 Å². The van der Waals surface area contributed by atoms with Gasteiger partial charge in [-0.05, 0) is 24.3 Å². The molecule has 0 aliphatic carbocycles. The lowest BCUT2D eigenvalue weighted by Crippen LogP contribution is -2.25.